The van der Waals surface area contributed by atoms with Crippen molar-refractivity contribution in [1.29, 1.82) is 0 Å². The number of para-hydroxylation sites is 1. The number of amides is 2. The van der Waals surface area contributed by atoms with E-state index in [1.807, 2.05) is 37.3 Å². The van der Waals surface area contributed by atoms with Crippen LogP contribution >= 0.6 is 0 Å². The van der Waals surface area contributed by atoms with E-state index >= 15 is 0 Å². The molecule has 2 aromatic rings. The zero-order chi connectivity index (χ0) is 18.5. The first kappa shape index (κ1) is 18.3. The molecule has 0 unspecified atom stereocenters. The maximum Gasteiger partial charge on any atom is 0.317 e. The van der Waals surface area contributed by atoms with Gasteiger partial charge in [0.25, 0.3) is 0 Å². The van der Waals surface area contributed by atoms with Gasteiger partial charge in [0, 0.05) is 31.1 Å². The number of rotatable bonds is 8. The number of hydrogen-bond donors (Lipinski definition) is 1. The van der Waals surface area contributed by atoms with Crippen molar-refractivity contribution in [3.05, 3.63) is 47.3 Å². The molecule has 3 rings (SSSR count). The third-order valence-corrected chi connectivity index (χ3v) is 4.61. The minimum atomic E-state index is -0.153. The van der Waals surface area contributed by atoms with Gasteiger partial charge >= 0.3 is 6.03 Å². The number of aromatic nitrogens is 1. The van der Waals surface area contributed by atoms with E-state index in [0.29, 0.717) is 19.0 Å². The standard InChI is InChI=1S/C20H27N3O3/c1-4-14(2)25-18-8-6-5-7-16(18)12-21-20(24)23(3)13-17-11-19(26-22-17)15-9-10-15/h5-8,11,14-15H,4,9-10,12-13H2,1-3H3,(H,21,24)/t14-/m1/s1. The third kappa shape index (κ3) is 4.77. The minimum Gasteiger partial charge on any atom is -0.490 e. The lowest BCUT2D eigenvalue weighted by atomic mass is 10.2. The highest BCUT2D eigenvalue weighted by atomic mass is 16.5. The molecule has 2 amide bonds. The van der Waals surface area contributed by atoms with E-state index in [9.17, 15) is 4.79 Å². The van der Waals surface area contributed by atoms with Crippen LogP contribution in [0.4, 0.5) is 4.79 Å². The Hall–Kier alpha value is -2.50. The third-order valence-electron chi connectivity index (χ3n) is 4.61. The summed E-state index contributed by atoms with van der Waals surface area (Å²) in [6.07, 6.45) is 3.42. The molecule has 26 heavy (non-hydrogen) atoms. The number of nitrogens with one attached hydrogen (secondary N) is 1. The first-order chi connectivity index (χ1) is 12.6. The van der Waals surface area contributed by atoms with Gasteiger partial charge in [-0.2, -0.15) is 0 Å². The molecule has 1 saturated carbocycles. The lowest BCUT2D eigenvalue weighted by Crippen LogP contribution is -2.36. The van der Waals surface area contributed by atoms with Gasteiger partial charge in [0.2, 0.25) is 0 Å². The molecule has 1 aliphatic carbocycles. The smallest absolute Gasteiger partial charge is 0.317 e. The van der Waals surface area contributed by atoms with Crippen LogP contribution in [0, 0.1) is 0 Å². The van der Waals surface area contributed by atoms with Crippen molar-refractivity contribution >= 4 is 6.03 Å². The zero-order valence-corrected chi connectivity index (χ0v) is 15.7. The van der Waals surface area contributed by atoms with E-state index in [1.165, 1.54) is 12.8 Å². The van der Waals surface area contributed by atoms with Gasteiger partial charge in [-0.3, -0.25) is 0 Å². The van der Waals surface area contributed by atoms with Gasteiger partial charge in [-0.25, -0.2) is 4.79 Å². The van der Waals surface area contributed by atoms with Crippen molar-refractivity contribution in [2.45, 2.75) is 58.2 Å². The number of ether oxygens (including phenoxy) is 1. The topological polar surface area (TPSA) is 67.6 Å². The zero-order valence-electron chi connectivity index (χ0n) is 15.7. The molecule has 0 saturated heterocycles. The van der Waals surface area contributed by atoms with Gasteiger partial charge in [0.05, 0.1) is 12.6 Å². The van der Waals surface area contributed by atoms with E-state index in [0.717, 1.165) is 29.2 Å². The Kier molecular flexibility index (Phi) is 5.81. The molecule has 1 atom stereocenters. The second-order valence-corrected chi connectivity index (χ2v) is 6.95. The highest BCUT2D eigenvalue weighted by molar-refractivity contribution is 5.73. The molecule has 0 aliphatic heterocycles. The van der Waals surface area contributed by atoms with E-state index < -0.39 is 0 Å². The highest BCUT2D eigenvalue weighted by Crippen LogP contribution is 2.40. The molecule has 1 fully saturated rings. The molecule has 0 spiro atoms. The Morgan fingerprint density at radius 1 is 1.42 bits per heavy atom. The summed E-state index contributed by atoms with van der Waals surface area (Å²) >= 11 is 0. The van der Waals surface area contributed by atoms with Crippen LogP contribution in [0.3, 0.4) is 0 Å². The van der Waals surface area contributed by atoms with Crippen molar-refractivity contribution in [2.24, 2.45) is 0 Å². The fraction of sp³-hybridized carbons (Fsp3) is 0.500. The highest BCUT2D eigenvalue weighted by Gasteiger charge is 2.28. The van der Waals surface area contributed by atoms with E-state index in [1.54, 1.807) is 11.9 Å². The lowest BCUT2D eigenvalue weighted by Gasteiger charge is -2.19. The molecular formula is C20H27N3O3. The molecule has 1 aliphatic rings. The minimum absolute atomic E-state index is 0.141. The molecule has 6 heteroatoms. The number of hydrogen-bond acceptors (Lipinski definition) is 4. The van der Waals surface area contributed by atoms with Gasteiger partial charge in [-0.05, 0) is 32.3 Å². The Labute approximate surface area is 154 Å². The molecule has 6 nitrogen and oxygen atoms in total. The second kappa shape index (κ2) is 8.25. The summed E-state index contributed by atoms with van der Waals surface area (Å²) in [5.41, 5.74) is 1.75. The van der Waals surface area contributed by atoms with Crippen molar-refractivity contribution in [3.63, 3.8) is 0 Å². The molecule has 1 N–H and O–H groups in total. The van der Waals surface area contributed by atoms with Gasteiger partial charge in [-0.1, -0.05) is 30.3 Å². The monoisotopic (exact) mass is 357 g/mol. The van der Waals surface area contributed by atoms with Crippen LogP contribution in [0.1, 0.15) is 56.0 Å². The Morgan fingerprint density at radius 2 is 2.19 bits per heavy atom. The van der Waals surface area contributed by atoms with Crippen molar-refractivity contribution in [3.8, 4) is 5.75 Å². The fourth-order valence-corrected chi connectivity index (χ4v) is 2.65. The molecule has 1 heterocycles. The molecule has 140 valence electrons. The van der Waals surface area contributed by atoms with Crippen LogP contribution in [0.15, 0.2) is 34.9 Å². The van der Waals surface area contributed by atoms with E-state index in [2.05, 4.69) is 17.4 Å². The average molecular weight is 357 g/mol. The Balaban J connectivity index is 1.52. The number of urea groups is 1. The van der Waals surface area contributed by atoms with Gasteiger partial charge in [0.1, 0.15) is 17.2 Å². The maximum atomic E-state index is 12.4. The van der Waals surface area contributed by atoms with Crippen LogP contribution < -0.4 is 10.1 Å². The van der Waals surface area contributed by atoms with Crippen molar-refractivity contribution in [2.75, 3.05) is 7.05 Å². The summed E-state index contributed by atoms with van der Waals surface area (Å²) in [5.74, 6) is 2.28. The van der Waals surface area contributed by atoms with E-state index in [4.69, 9.17) is 9.26 Å². The quantitative estimate of drug-likeness (QED) is 0.773. The summed E-state index contributed by atoms with van der Waals surface area (Å²) < 4.78 is 11.3. The van der Waals surface area contributed by atoms with Gasteiger partial charge in [-0.15, -0.1) is 0 Å². The number of carbonyl (C=O) groups excluding carboxylic acids is 1. The first-order valence-electron chi connectivity index (χ1n) is 9.25. The Bertz CT molecular complexity index is 739. The van der Waals surface area contributed by atoms with Crippen LogP contribution in [-0.4, -0.2) is 29.2 Å². The maximum absolute atomic E-state index is 12.4. The summed E-state index contributed by atoms with van der Waals surface area (Å²) in [4.78, 5) is 14.0. The first-order valence-corrected chi connectivity index (χ1v) is 9.25. The van der Waals surface area contributed by atoms with Gasteiger partial charge < -0.3 is 19.5 Å². The SMILES string of the molecule is CC[C@@H](C)Oc1ccccc1CNC(=O)N(C)Cc1cc(C2CC2)on1. The lowest BCUT2D eigenvalue weighted by molar-refractivity contribution is 0.203. The predicted molar refractivity (Wildman–Crippen MR) is 99.0 cm³/mol. The van der Waals surface area contributed by atoms with Crippen molar-refractivity contribution in [1.82, 2.24) is 15.4 Å². The molecular weight excluding hydrogens is 330 g/mol. The summed E-state index contributed by atoms with van der Waals surface area (Å²) in [6, 6.07) is 9.60. The average Bonchev–Trinajstić information content (AvgIpc) is 3.40. The van der Waals surface area contributed by atoms with Crippen LogP contribution in [-0.2, 0) is 13.1 Å². The summed E-state index contributed by atoms with van der Waals surface area (Å²) in [7, 11) is 1.75. The van der Waals surface area contributed by atoms with Crippen molar-refractivity contribution < 1.29 is 14.1 Å². The molecule has 1 aromatic carbocycles. The fourth-order valence-electron chi connectivity index (χ4n) is 2.65. The second-order valence-electron chi connectivity index (χ2n) is 6.95. The number of benzene rings is 1. The Morgan fingerprint density at radius 3 is 2.92 bits per heavy atom. The largest absolute Gasteiger partial charge is 0.490 e. The normalized spacial score (nSPS) is 14.7. The molecule has 0 bridgehead atoms. The van der Waals surface area contributed by atoms with Gasteiger partial charge in [0.15, 0.2) is 0 Å². The predicted octanol–water partition coefficient (Wildman–Crippen LogP) is 4.07. The van der Waals surface area contributed by atoms with Crippen LogP contribution in [0.2, 0.25) is 0 Å². The van der Waals surface area contributed by atoms with Crippen LogP contribution in [0.5, 0.6) is 5.75 Å². The van der Waals surface area contributed by atoms with Crippen LogP contribution in [0.25, 0.3) is 0 Å². The summed E-state index contributed by atoms with van der Waals surface area (Å²) in [5, 5.41) is 7.00. The molecule has 1 aromatic heterocycles. The number of nitrogens with zero attached hydrogens (tertiary/aromatic N) is 2. The number of carbonyl (C=O) groups is 1. The van der Waals surface area contributed by atoms with E-state index in [-0.39, 0.29) is 12.1 Å². The molecule has 0 radical (unpaired) electrons. The summed E-state index contributed by atoms with van der Waals surface area (Å²) in [6.45, 7) is 4.97.